The van der Waals surface area contributed by atoms with Crippen LogP contribution < -0.4 is 9.47 Å². The third-order valence-electron chi connectivity index (χ3n) is 3.61. The SMILES string of the molecule is Fc1ccc(OCCCCCCCOc2ccc(F)c(F)c2)cc1F. The Morgan fingerprint density at radius 2 is 0.920 bits per heavy atom. The van der Waals surface area contributed by atoms with Crippen molar-refractivity contribution in [3.05, 3.63) is 59.7 Å². The predicted molar refractivity (Wildman–Crippen MR) is 86.8 cm³/mol. The van der Waals surface area contributed by atoms with Crippen molar-refractivity contribution in [3.63, 3.8) is 0 Å². The first-order valence-electron chi connectivity index (χ1n) is 8.22. The van der Waals surface area contributed by atoms with Gasteiger partial charge in [0, 0.05) is 12.1 Å². The molecule has 0 aliphatic carbocycles. The number of ether oxygens (including phenoxy) is 2. The van der Waals surface area contributed by atoms with E-state index in [0.29, 0.717) is 24.7 Å². The van der Waals surface area contributed by atoms with E-state index in [-0.39, 0.29) is 0 Å². The molecule has 0 bridgehead atoms. The number of halogens is 4. The van der Waals surface area contributed by atoms with Crippen molar-refractivity contribution < 1.29 is 27.0 Å². The second kappa shape index (κ2) is 9.91. The zero-order chi connectivity index (χ0) is 18.1. The smallest absolute Gasteiger partial charge is 0.162 e. The minimum atomic E-state index is -0.918. The second-order valence-corrected chi connectivity index (χ2v) is 5.62. The van der Waals surface area contributed by atoms with Gasteiger partial charge in [0.05, 0.1) is 13.2 Å². The van der Waals surface area contributed by atoms with Crippen LogP contribution in [0.15, 0.2) is 36.4 Å². The maximum atomic E-state index is 13.0. The van der Waals surface area contributed by atoms with E-state index in [2.05, 4.69) is 0 Å². The standard InChI is InChI=1S/C19H20F4O2/c20-16-8-6-14(12-18(16)22)24-10-4-2-1-3-5-11-25-15-7-9-17(21)19(23)13-15/h6-9,12-13H,1-5,10-11H2. The summed E-state index contributed by atoms with van der Waals surface area (Å²) in [5.41, 5.74) is 0. The molecule has 0 heterocycles. The zero-order valence-electron chi connectivity index (χ0n) is 13.7. The van der Waals surface area contributed by atoms with Gasteiger partial charge in [-0.05, 0) is 37.1 Å². The molecule has 2 aromatic rings. The highest BCUT2D eigenvalue weighted by Gasteiger charge is 2.04. The van der Waals surface area contributed by atoms with Crippen molar-refractivity contribution in [2.45, 2.75) is 32.1 Å². The first-order valence-corrected chi connectivity index (χ1v) is 8.22. The molecule has 0 aromatic heterocycles. The van der Waals surface area contributed by atoms with E-state index in [0.717, 1.165) is 56.4 Å². The van der Waals surface area contributed by atoms with Crippen LogP contribution in [-0.2, 0) is 0 Å². The van der Waals surface area contributed by atoms with Gasteiger partial charge in [0.2, 0.25) is 0 Å². The molecule has 0 aliphatic rings. The monoisotopic (exact) mass is 356 g/mol. The summed E-state index contributed by atoms with van der Waals surface area (Å²) in [6.07, 6.45) is 4.47. The molecule has 136 valence electrons. The lowest BCUT2D eigenvalue weighted by Crippen LogP contribution is -2.00. The van der Waals surface area contributed by atoms with Gasteiger partial charge in [0.1, 0.15) is 11.5 Å². The molecule has 0 saturated carbocycles. The van der Waals surface area contributed by atoms with Gasteiger partial charge in [0.15, 0.2) is 23.3 Å². The summed E-state index contributed by atoms with van der Waals surface area (Å²) in [7, 11) is 0. The third kappa shape index (κ3) is 6.64. The molecule has 0 atom stereocenters. The topological polar surface area (TPSA) is 18.5 Å². The minimum Gasteiger partial charge on any atom is -0.493 e. The molecule has 0 amide bonds. The Bertz CT molecular complexity index is 619. The first-order chi connectivity index (χ1) is 12.1. The number of hydrogen-bond donors (Lipinski definition) is 0. The number of unbranched alkanes of at least 4 members (excludes halogenated alkanes) is 4. The molecule has 2 aromatic carbocycles. The molecule has 0 unspecified atom stereocenters. The third-order valence-corrected chi connectivity index (χ3v) is 3.61. The van der Waals surface area contributed by atoms with Crippen LogP contribution in [0.1, 0.15) is 32.1 Å². The van der Waals surface area contributed by atoms with E-state index in [9.17, 15) is 17.6 Å². The molecule has 0 N–H and O–H groups in total. The Balaban J connectivity index is 1.49. The maximum Gasteiger partial charge on any atom is 0.162 e. The van der Waals surface area contributed by atoms with E-state index in [1.54, 1.807) is 0 Å². The van der Waals surface area contributed by atoms with Crippen molar-refractivity contribution in [2.24, 2.45) is 0 Å². The molecule has 0 fully saturated rings. The molecule has 25 heavy (non-hydrogen) atoms. The van der Waals surface area contributed by atoms with Crippen molar-refractivity contribution in [3.8, 4) is 11.5 Å². The molecular formula is C19H20F4O2. The first kappa shape index (κ1) is 19.1. The number of rotatable bonds is 10. The Morgan fingerprint density at radius 1 is 0.520 bits per heavy atom. The van der Waals surface area contributed by atoms with Crippen LogP contribution in [-0.4, -0.2) is 13.2 Å². The Kier molecular flexibility index (Phi) is 7.57. The Labute approximate surface area is 144 Å². The second-order valence-electron chi connectivity index (χ2n) is 5.62. The average molecular weight is 356 g/mol. The quantitative estimate of drug-likeness (QED) is 0.404. The summed E-state index contributed by atoms with van der Waals surface area (Å²) >= 11 is 0. The van der Waals surface area contributed by atoms with Gasteiger partial charge in [-0.3, -0.25) is 0 Å². The van der Waals surface area contributed by atoms with E-state index >= 15 is 0 Å². The predicted octanol–water partition coefficient (Wildman–Crippen LogP) is 5.65. The fourth-order valence-corrected chi connectivity index (χ4v) is 2.25. The van der Waals surface area contributed by atoms with Crippen LogP contribution in [0.5, 0.6) is 11.5 Å². The molecule has 6 heteroatoms. The van der Waals surface area contributed by atoms with Crippen molar-refractivity contribution >= 4 is 0 Å². The van der Waals surface area contributed by atoms with E-state index in [1.807, 2.05) is 0 Å². The summed E-state index contributed by atoms with van der Waals surface area (Å²) in [4.78, 5) is 0. The van der Waals surface area contributed by atoms with Gasteiger partial charge in [-0.1, -0.05) is 19.3 Å². The lowest BCUT2D eigenvalue weighted by Gasteiger charge is -2.07. The molecule has 0 saturated heterocycles. The summed E-state index contributed by atoms with van der Waals surface area (Å²) in [5, 5.41) is 0. The van der Waals surface area contributed by atoms with Crippen molar-refractivity contribution in [2.75, 3.05) is 13.2 Å². The van der Waals surface area contributed by atoms with Gasteiger partial charge in [-0.25, -0.2) is 17.6 Å². The van der Waals surface area contributed by atoms with Gasteiger partial charge < -0.3 is 9.47 Å². The van der Waals surface area contributed by atoms with Crippen LogP contribution in [0.25, 0.3) is 0 Å². The highest BCUT2D eigenvalue weighted by Crippen LogP contribution is 2.17. The van der Waals surface area contributed by atoms with E-state index in [1.165, 1.54) is 12.1 Å². The molecule has 0 aliphatic heterocycles. The highest BCUT2D eigenvalue weighted by atomic mass is 19.2. The molecular weight excluding hydrogens is 336 g/mol. The minimum absolute atomic E-state index is 0.318. The van der Waals surface area contributed by atoms with Crippen LogP contribution in [0.2, 0.25) is 0 Å². The van der Waals surface area contributed by atoms with Gasteiger partial charge in [0.25, 0.3) is 0 Å². The largest absolute Gasteiger partial charge is 0.493 e. The highest BCUT2D eigenvalue weighted by molar-refractivity contribution is 5.24. The van der Waals surface area contributed by atoms with Crippen LogP contribution in [0, 0.1) is 23.3 Å². The van der Waals surface area contributed by atoms with Gasteiger partial charge >= 0.3 is 0 Å². The van der Waals surface area contributed by atoms with Crippen LogP contribution in [0.3, 0.4) is 0 Å². The summed E-state index contributed by atoms with van der Waals surface area (Å²) in [5.74, 6) is -2.98. The summed E-state index contributed by atoms with van der Waals surface area (Å²) in [6, 6.07) is 6.94. The number of benzene rings is 2. The lowest BCUT2D eigenvalue weighted by molar-refractivity contribution is 0.291. The fraction of sp³-hybridized carbons (Fsp3) is 0.368. The van der Waals surface area contributed by atoms with Crippen molar-refractivity contribution in [1.82, 2.24) is 0 Å². The molecule has 0 radical (unpaired) electrons. The molecule has 0 spiro atoms. The summed E-state index contributed by atoms with van der Waals surface area (Å²) in [6.45, 7) is 0.882. The van der Waals surface area contributed by atoms with E-state index < -0.39 is 23.3 Å². The Morgan fingerprint density at radius 3 is 1.32 bits per heavy atom. The van der Waals surface area contributed by atoms with Gasteiger partial charge in [-0.2, -0.15) is 0 Å². The molecule has 2 nitrogen and oxygen atoms in total. The Hall–Kier alpha value is -2.24. The van der Waals surface area contributed by atoms with Crippen LogP contribution >= 0.6 is 0 Å². The lowest BCUT2D eigenvalue weighted by atomic mass is 10.1. The fourth-order valence-electron chi connectivity index (χ4n) is 2.25. The van der Waals surface area contributed by atoms with Crippen LogP contribution in [0.4, 0.5) is 17.6 Å². The van der Waals surface area contributed by atoms with Gasteiger partial charge in [-0.15, -0.1) is 0 Å². The zero-order valence-corrected chi connectivity index (χ0v) is 13.7. The summed E-state index contributed by atoms with van der Waals surface area (Å²) < 4.78 is 62.2. The maximum absolute atomic E-state index is 13.0. The molecule has 2 rings (SSSR count). The van der Waals surface area contributed by atoms with E-state index in [4.69, 9.17) is 9.47 Å². The average Bonchev–Trinajstić information content (AvgIpc) is 2.59. The normalized spacial score (nSPS) is 10.7. The van der Waals surface area contributed by atoms with Crippen molar-refractivity contribution in [1.29, 1.82) is 0 Å². The number of hydrogen-bond acceptors (Lipinski definition) is 2.